The molecule has 1 N–H and O–H groups in total. The molecule has 0 atom stereocenters. The van der Waals surface area contributed by atoms with Crippen LogP contribution in [0.3, 0.4) is 0 Å². The molecule has 0 saturated carbocycles. The van der Waals surface area contributed by atoms with E-state index in [0.717, 1.165) is 22.4 Å². The molecule has 1 aromatic heterocycles. The summed E-state index contributed by atoms with van der Waals surface area (Å²) in [5, 5.41) is 8.50. The van der Waals surface area contributed by atoms with E-state index >= 15 is 0 Å². The van der Waals surface area contributed by atoms with Gasteiger partial charge < -0.3 is 5.32 Å². The van der Waals surface area contributed by atoms with Gasteiger partial charge in [0.15, 0.2) is 5.82 Å². The van der Waals surface area contributed by atoms with Gasteiger partial charge in [-0.3, -0.25) is 4.68 Å². The summed E-state index contributed by atoms with van der Waals surface area (Å²) in [6.07, 6.45) is 0. The van der Waals surface area contributed by atoms with Crippen LogP contribution < -0.4 is 5.32 Å². The van der Waals surface area contributed by atoms with Crippen molar-refractivity contribution in [2.45, 2.75) is 32.7 Å². The minimum absolute atomic E-state index is 0.0315. The van der Waals surface area contributed by atoms with E-state index in [1.54, 1.807) is 0 Å². The number of hydrogen-bond donors (Lipinski definition) is 1. The van der Waals surface area contributed by atoms with E-state index in [2.05, 4.69) is 36.2 Å². The van der Waals surface area contributed by atoms with E-state index in [9.17, 15) is 0 Å². The fourth-order valence-electron chi connectivity index (χ4n) is 1.64. The average Bonchev–Trinajstić information content (AvgIpc) is 2.70. The first kappa shape index (κ1) is 13.9. The molecule has 1 heterocycles. The average molecular weight is 279 g/mol. The SMILES string of the molecule is Cn1nc(C(C)(C)C)nc1CNc1ccc(Cl)cc1. The van der Waals surface area contributed by atoms with Crippen LogP contribution in [0.15, 0.2) is 24.3 Å². The zero-order valence-electron chi connectivity index (χ0n) is 11.7. The van der Waals surface area contributed by atoms with Crippen molar-refractivity contribution in [3.8, 4) is 0 Å². The Morgan fingerprint density at radius 3 is 2.37 bits per heavy atom. The molecule has 0 bridgehead atoms. The maximum absolute atomic E-state index is 5.85. The van der Waals surface area contributed by atoms with Crippen molar-refractivity contribution < 1.29 is 0 Å². The summed E-state index contributed by atoms with van der Waals surface area (Å²) in [6, 6.07) is 7.62. The zero-order valence-corrected chi connectivity index (χ0v) is 12.5. The van der Waals surface area contributed by atoms with Crippen LogP contribution in [0.25, 0.3) is 0 Å². The van der Waals surface area contributed by atoms with Gasteiger partial charge in [-0.25, -0.2) is 4.98 Å². The van der Waals surface area contributed by atoms with Crippen LogP contribution in [0.2, 0.25) is 5.02 Å². The Kier molecular flexibility index (Phi) is 3.80. The molecule has 102 valence electrons. The molecule has 0 aliphatic rings. The van der Waals surface area contributed by atoms with E-state index < -0.39 is 0 Å². The normalized spacial score (nSPS) is 11.6. The summed E-state index contributed by atoms with van der Waals surface area (Å²) in [6.45, 7) is 6.97. The third-order valence-corrected chi connectivity index (χ3v) is 3.07. The summed E-state index contributed by atoms with van der Waals surface area (Å²) in [7, 11) is 1.92. The number of rotatable bonds is 3. The lowest BCUT2D eigenvalue weighted by atomic mass is 9.96. The molecular weight excluding hydrogens is 260 g/mol. The molecule has 1 aromatic carbocycles. The van der Waals surface area contributed by atoms with Crippen LogP contribution in [0.4, 0.5) is 5.69 Å². The molecular formula is C14H19ClN4. The van der Waals surface area contributed by atoms with Gasteiger partial charge in [-0.2, -0.15) is 5.10 Å². The van der Waals surface area contributed by atoms with Crippen molar-refractivity contribution in [2.75, 3.05) is 5.32 Å². The highest BCUT2D eigenvalue weighted by Crippen LogP contribution is 2.19. The van der Waals surface area contributed by atoms with E-state index in [0.29, 0.717) is 6.54 Å². The Hall–Kier alpha value is -1.55. The summed E-state index contributed by atoms with van der Waals surface area (Å²) in [5.74, 6) is 1.78. The largest absolute Gasteiger partial charge is 0.378 e. The molecule has 0 aliphatic heterocycles. The zero-order chi connectivity index (χ0) is 14.0. The number of aromatic nitrogens is 3. The van der Waals surface area contributed by atoms with E-state index in [1.165, 1.54) is 0 Å². The van der Waals surface area contributed by atoms with Gasteiger partial charge >= 0.3 is 0 Å². The molecule has 5 heteroatoms. The number of aryl methyl sites for hydroxylation is 1. The van der Waals surface area contributed by atoms with Crippen molar-refractivity contribution in [2.24, 2.45) is 7.05 Å². The molecule has 4 nitrogen and oxygen atoms in total. The van der Waals surface area contributed by atoms with Crippen LogP contribution in [0.5, 0.6) is 0 Å². The Bertz CT molecular complexity index is 552. The fraction of sp³-hybridized carbons (Fsp3) is 0.429. The second-order valence-electron chi connectivity index (χ2n) is 5.59. The summed E-state index contributed by atoms with van der Waals surface area (Å²) in [4.78, 5) is 4.58. The van der Waals surface area contributed by atoms with Crippen molar-refractivity contribution in [3.63, 3.8) is 0 Å². The van der Waals surface area contributed by atoms with Crippen molar-refractivity contribution in [1.29, 1.82) is 0 Å². The molecule has 0 radical (unpaired) electrons. The minimum atomic E-state index is -0.0315. The number of benzene rings is 1. The van der Waals surface area contributed by atoms with Crippen LogP contribution in [-0.4, -0.2) is 14.8 Å². The van der Waals surface area contributed by atoms with Gasteiger partial charge in [-0.15, -0.1) is 0 Å². The van der Waals surface area contributed by atoms with Crippen LogP contribution >= 0.6 is 11.6 Å². The topological polar surface area (TPSA) is 42.7 Å². The molecule has 2 rings (SSSR count). The van der Waals surface area contributed by atoms with Gasteiger partial charge in [0.05, 0.1) is 6.54 Å². The van der Waals surface area contributed by atoms with Gasteiger partial charge in [0.1, 0.15) is 5.82 Å². The maximum Gasteiger partial charge on any atom is 0.156 e. The molecule has 0 unspecified atom stereocenters. The Morgan fingerprint density at radius 2 is 1.84 bits per heavy atom. The van der Waals surface area contributed by atoms with Crippen LogP contribution in [-0.2, 0) is 19.0 Å². The lowest BCUT2D eigenvalue weighted by Gasteiger charge is -2.12. The first-order valence-corrected chi connectivity index (χ1v) is 6.64. The first-order valence-electron chi connectivity index (χ1n) is 6.26. The fourth-order valence-corrected chi connectivity index (χ4v) is 1.76. The summed E-state index contributed by atoms with van der Waals surface area (Å²) >= 11 is 5.85. The lowest BCUT2D eigenvalue weighted by Crippen LogP contribution is -2.13. The van der Waals surface area contributed by atoms with Gasteiger partial charge in [0, 0.05) is 23.2 Å². The summed E-state index contributed by atoms with van der Waals surface area (Å²) < 4.78 is 1.82. The van der Waals surface area contributed by atoms with E-state index in [-0.39, 0.29) is 5.41 Å². The van der Waals surface area contributed by atoms with Gasteiger partial charge in [-0.1, -0.05) is 32.4 Å². The monoisotopic (exact) mass is 278 g/mol. The standard InChI is InChI=1S/C14H19ClN4/c1-14(2,3)13-17-12(19(4)18-13)9-16-11-7-5-10(15)6-8-11/h5-8,16H,9H2,1-4H3. The molecule has 0 saturated heterocycles. The molecule has 0 fully saturated rings. The second-order valence-corrected chi connectivity index (χ2v) is 6.02. The van der Waals surface area contributed by atoms with Gasteiger partial charge in [0.25, 0.3) is 0 Å². The Morgan fingerprint density at radius 1 is 1.21 bits per heavy atom. The third kappa shape index (κ3) is 3.47. The predicted octanol–water partition coefficient (Wildman–Crippen LogP) is 3.38. The van der Waals surface area contributed by atoms with E-state index in [1.807, 2.05) is 36.0 Å². The van der Waals surface area contributed by atoms with Crippen molar-refractivity contribution >= 4 is 17.3 Å². The number of nitrogens with one attached hydrogen (secondary N) is 1. The maximum atomic E-state index is 5.85. The minimum Gasteiger partial charge on any atom is -0.378 e. The molecule has 2 aromatic rings. The molecule has 0 aliphatic carbocycles. The number of hydrogen-bond acceptors (Lipinski definition) is 3. The highest BCUT2D eigenvalue weighted by atomic mass is 35.5. The Labute approximate surface area is 118 Å². The number of halogens is 1. The molecule has 19 heavy (non-hydrogen) atoms. The quantitative estimate of drug-likeness (QED) is 0.936. The third-order valence-electron chi connectivity index (χ3n) is 2.82. The first-order chi connectivity index (χ1) is 8.86. The molecule has 0 amide bonds. The summed E-state index contributed by atoms with van der Waals surface area (Å²) in [5.41, 5.74) is 0.987. The van der Waals surface area contributed by atoms with Crippen LogP contribution in [0.1, 0.15) is 32.4 Å². The van der Waals surface area contributed by atoms with Crippen LogP contribution in [0, 0.1) is 0 Å². The molecule has 0 spiro atoms. The van der Waals surface area contributed by atoms with Gasteiger partial charge in [0.2, 0.25) is 0 Å². The number of anilines is 1. The second kappa shape index (κ2) is 5.21. The number of nitrogens with zero attached hydrogens (tertiary/aromatic N) is 3. The predicted molar refractivity (Wildman–Crippen MR) is 78.5 cm³/mol. The van der Waals surface area contributed by atoms with Crippen molar-refractivity contribution in [3.05, 3.63) is 40.9 Å². The van der Waals surface area contributed by atoms with Crippen molar-refractivity contribution in [1.82, 2.24) is 14.8 Å². The van der Waals surface area contributed by atoms with E-state index in [4.69, 9.17) is 11.6 Å². The highest BCUT2D eigenvalue weighted by Gasteiger charge is 2.20. The Balaban J connectivity index is 2.07. The smallest absolute Gasteiger partial charge is 0.156 e. The van der Waals surface area contributed by atoms with Gasteiger partial charge in [-0.05, 0) is 24.3 Å². The highest BCUT2D eigenvalue weighted by molar-refractivity contribution is 6.30. The lowest BCUT2D eigenvalue weighted by molar-refractivity contribution is 0.538.